The van der Waals surface area contributed by atoms with Crippen LogP contribution in [0.3, 0.4) is 0 Å². The molecule has 4 atom stereocenters. The van der Waals surface area contributed by atoms with Crippen LogP contribution in [0.1, 0.15) is 49.7 Å². The van der Waals surface area contributed by atoms with Crippen LogP contribution in [0.2, 0.25) is 0 Å². The predicted molar refractivity (Wildman–Crippen MR) is 148 cm³/mol. The SMILES string of the molecule is O=C(NCCc1ccccc1)[C@@H]1CCCC[N+]1([O-])CC[N+]1([O-])CCCC[C@H]1C(=O)NCCc1ccccc1. The van der Waals surface area contributed by atoms with Crippen molar-refractivity contribution in [3.63, 3.8) is 0 Å². The number of rotatable bonds is 11. The van der Waals surface area contributed by atoms with E-state index in [0.29, 0.717) is 51.9 Å². The van der Waals surface area contributed by atoms with Crippen LogP contribution in [-0.4, -0.2) is 72.5 Å². The Hall–Kier alpha value is -2.78. The van der Waals surface area contributed by atoms with Crippen LogP contribution in [0.4, 0.5) is 0 Å². The molecule has 0 aromatic heterocycles. The number of amides is 2. The number of hydrogen-bond donors (Lipinski definition) is 2. The summed E-state index contributed by atoms with van der Waals surface area (Å²) in [5.74, 6) is -0.441. The Morgan fingerprint density at radius 2 is 1.05 bits per heavy atom. The van der Waals surface area contributed by atoms with Crippen molar-refractivity contribution in [1.82, 2.24) is 10.6 Å². The topological polar surface area (TPSA) is 104 Å². The maximum Gasteiger partial charge on any atom is 0.278 e. The van der Waals surface area contributed by atoms with E-state index in [9.17, 15) is 20.0 Å². The molecule has 2 saturated heterocycles. The Balaban J connectivity index is 1.32. The van der Waals surface area contributed by atoms with E-state index in [0.717, 1.165) is 36.8 Å². The van der Waals surface area contributed by atoms with Gasteiger partial charge in [-0.05, 0) is 49.7 Å². The van der Waals surface area contributed by atoms with Crippen LogP contribution in [0, 0.1) is 10.4 Å². The van der Waals surface area contributed by atoms with Gasteiger partial charge in [-0.3, -0.25) is 9.59 Å². The number of carbonyl (C=O) groups is 2. The molecule has 2 unspecified atom stereocenters. The molecule has 2 amide bonds. The van der Waals surface area contributed by atoms with Gasteiger partial charge in [-0.2, -0.15) is 0 Å². The lowest BCUT2D eigenvalue weighted by atomic mass is 9.98. The van der Waals surface area contributed by atoms with Crippen LogP contribution in [0.5, 0.6) is 0 Å². The average molecular weight is 523 g/mol. The van der Waals surface area contributed by atoms with Crippen molar-refractivity contribution in [3.05, 3.63) is 82.2 Å². The van der Waals surface area contributed by atoms with Gasteiger partial charge in [0.1, 0.15) is 13.1 Å². The first-order valence-electron chi connectivity index (χ1n) is 14.2. The Kier molecular flexibility index (Phi) is 9.91. The quantitative estimate of drug-likeness (QED) is 0.348. The van der Waals surface area contributed by atoms with Gasteiger partial charge in [0.25, 0.3) is 11.8 Å². The fourth-order valence-corrected chi connectivity index (χ4v) is 5.96. The van der Waals surface area contributed by atoms with E-state index in [2.05, 4.69) is 10.6 Å². The van der Waals surface area contributed by atoms with Crippen LogP contribution in [0.15, 0.2) is 60.7 Å². The highest BCUT2D eigenvalue weighted by atomic mass is 16.6. The summed E-state index contributed by atoms with van der Waals surface area (Å²) in [5.41, 5.74) is 2.27. The zero-order valence-corrected chi connectivity index (χ0v) is 22.4. The number of nitrogens with one attached hydrogen (secondary N) is 2. The molecule has 8 nitrogen and oxygen atoms in total. The monoisotopic (exact) mass is 522 g/mol. The van der Waals surface area contributed by atoms with E-state index in [1.54, 1.807) is 0 Å². The molecule has 4 rings (SSSR count). The highest BCUT2D eigenvalue weighted by Gasteiger charge is 2.42. The van der Waals surface area contributed by atoms with E-state index in [1.165, 1.54) is 0 Å². The van der Waals surface area contributed by atoms with Crippen molar-refractivity contribution in [2.45, 2.75) is 63.5 Å². The second-order valence-electron chi connectivity index (χ2n) is 10.9. The summed E-state index contributed by atoms with van der Waals surface area (Å²) in [6.07, 6.45) is 5.65. The first-order valence-corrected chi connectivity index (χ1v) is 14.2. The van der Waals surface area contributed by atoms with Gasteiger partial charge in [0.2, 0.25) is 0 Å². The van der Waals surface area contributed by atoms with E-state index < -0.39 is 21.4 Å². The van der Waals surface area contributed by atoms with Crippen molar-refractivity contribution >= 4 is 11.8 Å². The summed E-state index contributed by atoms with van der Waals surface area (Å²) >= 11 is 0. The first-order chi connectivity index (χ1) is 18.4. The molecule has 2 aromatic rings. The summed E-state index contributed by atoms with van der Waals surface area (Å²) < 4.78 is -1.33. The summed E-state index contributed by atoms with van der Waals surface area (Å²) in [6.45, 7) is 1.76. The number of hydroxylamine groups is 6. The molecule has 2 aliphatic rings. The third-order valence-corrected chi connectivity index (χ3v) is 8.24. The van der Waals surface area contributed by atoms with Crippen molar-refractivity contribution in [3.8, 4) is 0 Å². The number of piperidine rings is 2. The zero-order chi connectivity index (χ0) is 26.8. The van der Waals surface area contributed by atoms with Gasteiger partial charge in [0.05, 0.1) is 13.1 Å². The lowest BCUT2D eigenvalue weighted by molar-refractivity contribution is -0.955. The Morgan fingerprint density at radius 1 is 0.658 bits per heavy atom. The lowest BCUT2D eigenvalue weighted by Crippen LogP contribution is -2.66. The number of hydrogen-bond acceptors (Lipinski definition) is 4. The molecule has 0 saturated carbocycles. The highest BCUT2D eigenvalue weighted by molar-refractivity contribution is 5.81. The van der Waals surface area contributed by atoms with Crippen molar-refractivity contribution < 1.29 is 18.9 Å². The van der Waals surface area contributed by atoms with Crippen molar-refractivity contribution in [2.24, 2.45) is 0 Å². The molecule has 2 aromatic carbocycles. The number of carbonyl (C=O) groups excluding carboxylic acids is 2. The van der Waals surface area contributed by atoms with Crippen LogP contribution >= 0.6 is 0 Å². The van der Waals surface area contributed by atoms with Gasteiger partial charge in [0.15, 0.2) is 12.1 Å². The Bertz CT molecular complexity index is 954. The smallest absolute Gasteiger partial charge is 0.278 e. The zero-order valence-electron chi connectivity index (χ0n) is 22.4. The fourth-order valence-electron chi connectivity index (χ4n) is 5.96. The molecule has 206 valence electrons. The molecule has 0 aliphatic carbocycles. The molecule has 8 heteroatoms. The van der Waals surface area contributed by atoms with Gasteiger partial charge in [-0.1, -0.05) is 60.7 Å². The summed E-state index contributed by atoms with van der Waals surface area (Å²) in [7, 11) is 0. The maximum absolute atomic E-state index is 13.9. The van der Waals surface area contributed by atoms with Crippen molar-refractivity contribution in [1.29, 1.82) is 0 Å². The minimum absolute atomic E-state index is 0.0636. The fraction of sp³-hybridized carbons (Fsp3) is 0.533. The minimum Gasteiger partial charge on any atom is -0.632 e. The molecule has 2 N–H and O–H groups in total. The Morgan fingerprint density at radius 3 is 1.45 bits per heavy atom. The summed E-state index contributed by atoms with van der Waals surface area (Å²) in [4.78, 5) is 26.1. The average Bonchev–Trinajstić information content (AvgIpc) is 2.93. The summed E-state index contributed by atoms with van der Waals surface area (Å²) in [5, 5.41) is 33.8. The highest BCUT2D eigenvalue weighted by Crippen LogP contribution is 2.29. The van der Waals surface area contributed by atoms with Crippen LogP contribution in [0.25, 0.3) is 0 Å². The predicted octanol–water partition coefficient (Wildman–Crippen LogP) is 3.44. The number of likely N-dealkylation sites (tertiary alicyclic amines) is 2. The molecule has 38 heavy (non-hydrogen) atoms. The van der Waals surface area contributed by atoms with E-state index >= 15 is 0 Å². The molecule has 2 heterocycles. The Labute approximate surface area is 226 Å². The normalized spacial score (nSPS) is 27.4. The second kappa shape index (κ2) is 13.3. The molecule has 2 fully saturated rings. The number of benzene rings is 2. The summed E-state index contributed by atoms with van der Waals surface area (Å²) in [6, 6.07) is 18.5. The van der Waals surface area contributed by atoms with Crippen molar-refractivity contribution in [2.75, 3.05) is 39.3 Å². The lowest BCUT2D eigenvalue weighted by Gasteiger charge is -2.55. The van der Waals surface area contributed by atoms with Gasteiger partial charge < -0.3 is 30.3 Å². The molecule has 0 bridgehead atoms. The number of quaternary nitrogens is 2. The third kappa shape index (κ3) is 7.41. The van der Waals surface area contributed by atoms with Crippen LogP contribution < -0.4 is 10.6 Å². The van der Waals surface area contributed by atoms with Gasteiger partial charge >= 0.3 is 0 Å². The standard InChI is InChI=1S/C30H42N4O4/c35-29(31-19-17-25-11-3-1-4-12-25)27-15-7-9-21-33(27,37)23-24-34(38)22-10-8-16-28(34)30(36)32-20-18-26-13-5-2-6-14-26/h1-6,11-14,27-28H,7-10,15-24H2,(H,31,35)(H,32,36)/t27-,28-,33?,34?/m0/s1. The maximum atomic E-state index is 13.9. The van der Waals surface area contributed by atoms with Gasteiger partial charge in [0, 0.05) is 25.9 Å². The first kappa shape index (κ1) is 28.2. The largest absolute Gasteiger partial charge is 0.632 e. The second-order valence-corrected chi connectivity index (χ2v) is 10.9. The molecule has 0 spiro atoms. The van der Waals surface area contributed by atoms with Gasteiger partial charge in [-0.15, -0.1) is 0 Å². The number of nitrogens with zero attached hydrogens (tertiary/aromatic N) is 2. The molecule has 2 aliphatic heterocycles. The van der Waals surface area contributed by atoms with Crippen LogP contribution in [-0.2, 0) is 22.4 Å². The minimum atomic E-state index is -0.700. The molecular formula is C30H42N4O4. The van der Waals surface area contributed by atoms with Gasteiger partial charge in [-0.25, -0.2) is 0 Å². The molecule has 0 radical (unpaired) electrons. The van der Waals surface area contributed by atoms with E-state index in [4.69, 9.17) is 0 Å². The van der Waals surface area contributed by atoms with E-state index in [-0.39, 0.29) is 24.9 Å². The molecular weight excluding hydrogens is 480 g/mol. The third-order valence-electron chi connectivity index (χ3n) is 8.24. The van der Waals surface area contributed by atoms with E-state index in [1.807, 2.05) is 60.7 Å².